The number of anilines is 1. The number of amides is 2. The molecule has 0 saturated heterocycles. The summed E-state index contributed by atoms with van der Waals surface area (Å²) < 4.78 is 0. The van der Waals surface area contributed by atoms with Gasteiger partial charge in [0.25, 0.3) is 11.8 Å². The minimum absolute atomic E-state index is 0.137. The lowest BCUT2D eigenvalue weighted by Crippen LogP contribution is -2.25. The van der Waals surface area contributed by atoms with E-state index in [-0.39, 0.29) is 18.4 Å². The number of terminal acetylenes is 1. The molecule has 0 spiro atoms. The van der Waals surface area contributed by atoms with Crippen LogP contribution in [0.3, 0.4) is 0 Å². The van der Waals surface area contributed by atoms with Crippen LogP contribution < -0.4 is 10.6 Å². The first-order chi connectivity index (χ1) is 12.2. The molecule has 0 aliphatic heterocycles. The number of carbonyl (C=O) groups excluding carboxylic acids is 2. The summed E-state index contributed by atoms with van der Waals surface area (Å²) in [6.45, 7) is 2.25. The van der Waals surface area contributed by atoms with Crippen molar-refractivity contribution in [2.45, 2.75) is 12.7 Å². The van der Waals surface area contributed by atoms with Gasteiger partial charge in [-0.2, -0.15) is 11.8 Å². The Morgan fingerprint density at radius 2 is 1.80 bits per heavy atom. The van der Waals surface area contributed by atoms with Gasteiger partial charge in [-0.25, -0.2) is 0 Å². The molecule has 0 fully saturated rings. The zero-order valence-electron chi connectivity index (χ0n) is 14.0. The maximum Gasteiger partial charge on any atom is 0.255 e. The topological polar surface area (TPSA) is 58.2 Å². The molecule has 0 heterocycles. The second kappa shape index (κ2) is 9.55. The fourth-order valence-electron chi connectivity index (χ4n) is 2.18. The molecule has 0 unspecified atom stereocenters. The summed E-state index contributed by atoms with van der Waals surface area (Å²) in [5, 5.41) is 5.39. The first-order valence-corrected chi connectivity index (χ1v) is 9.10. The molecule has 128 valence electrons. The van der Waals surface area contributed by atoms with E-state index in [9.17, 15) is 9.59 Å². The van der Waals surface area contributed by atoms with Gasteiger partial charge >= 0.3 is 0 Å². The van der Waals surface area contributed by atoms with Crippen LogP contribution >= 0.6 is 11.8 Å². The van der Waals surface area contributed by atoms with Crippen LogP contribution in [-0.2, 0) is 5.75 Å². The Morgan fingerprint density at radius 3 is 2.48 bits per heavy atom. The smallest absolute Gasteiger partial charge is 0.255 e. The maximum absolute atomic E-state index is 12.4. The summed E-state index contributed by atoms with van der Waals surface area (Å²) in [5.41, 5.74) is 2.55. The number of carbonyl (C=O) groups is 2. The van der Waals surface area contributed by atoms with Crippen LogP contribution in [0.25, 0.3) is 0 Å². The van der Waals surface area contributed by atoms with E-state index in [1.54, 1.807) is 36.4 Å². The molecule has 25 heavy (non-hydrogen) atoms. The fraction of sp³-hybridized carbons (Fsp3) is 0.200. The van der Waals surface area contributed by atoms with Gasteiger partial charge in [0.2, 0.25) is 0 Å². The number of para-hydroxylation sites is 1. The zero-order chi connectivity index (χ0) is 18.1. The molecule has 0 aromatic heterocycles. The van der Waals surface area contributed by atoms with E-state index in [2.05, 4.69) is 23.5 Å². The van der Waals surface area contributed by atoms with E-state index in [1.807, 2.05) is 23.9 Å². The van der Waals surface area contributed by atoms with Crippen molar-refractivity contribution < 1.29 is 9.59 Å². The van der Waals surface area contributed by atoms with Crippen molar-refractivity contribution in [2.24, 2.45) is 0 Å². The van der Waals surface area contributed by atoms with Gasteiger partial charge in [-0.3, -0.25) is 9.59 Å². The normalized spacial score (nSPS) is 9.92. The lowest BCUT2D eigenvalue weighted by Gasteiger charge is -2.11. The van der Waals surface area contributed by atoms with Crippen molar-refractivity contribution in [1.82, 2.24) is 5.32 Å². The van der Waals surface area contributed by atoms with Gasteiger partial charge in [-0.05, 0) is 35.6 Å². The molecular formula is C20H20N2O2S. The van der Waals surface area contributed by atoms with E-state index in [0.717, 1.165) is 11.5 Å². The molecule has 0 atom stereocenters. The van der Waals surface area contributed by atoms with E-state index >= 15 is 0 Å². The molecule has 2 amide bonds. The Kier molecular flexibility index (Phi) is 7.12. The van der Waals surface area contributed by atoms with Gasteiger partial charge in [-0.15, -0.1) is 6.42 Å². The summed E-state index contributed by atoms with van der Waals surface area (Å²) in [7, 11) is 0. The third-order valence-electron chi connectivity index (χ3n) is 3.46. The Balaban J connectivity index is 2.10. The Morgan fingerprint density at radius 1 is 1.08 bits per heavy atom. The van der Waals surface area contributed by atoms with Gasteiger partial charge in [0.05, 0.1) is 17.8 Å². The van der Waals surface area contributed by atoms with E-state index in [0.29, 0.717) is 16.8 Å². The van der Waals surface area contributed by atoms with Crippen LogP contribution in [0.5, 0.6) is 0 Å². The van der Waals surface area contributed by atoms with Crippen molar-refractivity contribution in [3.8, 4) is 12.3 Å². The lowest BCUT2D eigenvalue weighted by molar-refractivity contribution is 0.0959. The van der Waals surface area contributed by atoms with Crippen molar-refractivity contribution in [3.05, 3.63) is 65.2 Å². The summed E-state index contributed by atoms with van der Waals surface area (Å²) in [5.74, 6) is 3.76. The SMILES string of the molecule is C#CCNC(=O)c1ccccc1NC(=O)c1ccc(CSCC)cc1. The van der Waals surface area contributed by atoms with Gasteiger partial charge in [0.1, 0.15) is 0 Å². The van der Waals surface area contributed by atoms with Crippen LogP contribution in [0, 0.1) is 12.3 Å². The van der Waals surface area contributed by atoms with E-state index in [1.165, 1.54) is 5.56 Å². The Hall–Kier alpha value is -2.71. The molecule has 2 rings (SSSR count). The second-order valence-corrected chi connectivity index (χ2v) is 6.49. The Labute approximate surface area is 152 Å². The highest BCUT2D eigenvalue weighted by Crippen LogP contribution is 2.17. The minimum atomic E-state index is -0.319. The molecule has 2 aromatic carbocycles. The highest BCUT2D eigenvalue weighted by atomic mass is 32.2. The summed E-state index contributed by atoms with van der Waals surface area (Å²) in [6.07, 6.45) is 5.16. The number of thioether (sulfide) groups is 1. The monoisotopic (exact) mass is 352 g/mol. The molecule has 0 saturated carbocycles. The van der Waals surface area contributed by atoms with Gasteiger partial charge in [0, 0.05) is 11.3 Å². The van der Waals surface area contributed by atoms with Crippen molar-refractivity contribution in [1.29, 1.82) is 0 Å². The molecule has 0 bridgehead atoms. The average molecular weight is 352 g/mol. The summed E-state index contributed by atoms with van der Waals surface area (Å²) >= 11 is 1.83. The molecule has 0 aliphatic carbocycles. The lowest BCUT2D eigenvalue weighted by atomic mass is 10.1. The van der Waals surface area contributed by atoms with Crippen molar-refractivity contribution in [3.63, 3.8) is 0 Å². The predicted octanol–water partition coefficient (Wildman–Crippen LogP) is 3.56. The molecule has 2 N–H and O–H groups in total. The maximum atomic E-state index is 12.4. The quantitative estimate of drug-likeness (QED) is 0.749. The number of hydrogen-bond acceptors (Lipinski definition) is 3. The highest BCUT2D eigenvalue weighted by Gasteiger charge is 2.13. The molecule has 2 aromatic rings. The average Bonchev–Trinajstić information content (AvgIpc) is 2.65. The van der Waals surface area contributed by atoms with Crippen molar-refractivity contribution in [2.75, 3.05) is 17.6 Å². The minimum Gasteiger partial charge on any atom is -0.341 e. The molecule has 4 nitrogen and oxygen atoms in total. The Bertz CT molecular complexity index is 779. The molecule has 0 radical (unpaired) electrons. The van der Waals surface area contributed by atoms with Crippen LogP contribution in [0.2, 0.25) is 0 Å². The molecule has 0 aliphatic rings. The van der Waals surface area contributed by atoms with Crippen LogP contribution in [0.4, 0.5) is 5.69 Å². The fourth-order valence-corrected chi connectivity index (χ4v) is 2.82. The number of hydrogen-bond donors (Lipinski definition) is 2. The van der Waals surface area contributed by atoms with Crippen LogP contribution in [-0.4, -0.2) is 24.1 Å². The van der Waals surface area contributed by atoms with Gasteiger partial charge in [0.15, 0.2) is 0 Å². The zero-order valence-corrected chi connectivity index (χ0v) is 14.9. The first-order valence-electron chi connectivity index (χ1n) is 7.94. The summed E-state index contributed by atoms with van der Waals surface area (Å²) in [6, 6.07) is 14.3. The predicted molar refractivity (Wildman–Crippen MR) is 104 cm³/mol. The standard InChI is InChI=1S/C20H20N2O2S/c1-3-13-21-20(24)17-7-5-6-8-18(17)22-19(23)16-11-9-15(10-12-16)14-25-4-2/h1,5-12H,4,13-14H2,2H3,(H,21,24)(H,22,23). The van der Waals surface area contributed by atoms with Crippen LogP contribution in [0.1, 0.15) is 33.2 Å². The van der Waals surface area contributed by atoms with Crippen LogP contribution in [0.15, 0.2) is 48.5 Å². The van der Waals surface area contributed by atoms with Gasteiger partial charge in [-0.1, -0.05) is 37.1 Å². The number of rotatable bonds is 7. The molecule has 5 heteroatoms. The van der Waals surface area contributed by atoms with Crippen molar-refractivity contribution >= 4 is 29.3 Å². The second-order valence-electron chi connectivity index (χ2n) is 5.22. The van der Waals surface area contributed by atoms with E-state index in [4.69, 9.17) is 6.42 Å². The first kappa shape index (κ1) is 18.6. The highest BCUT2D eigenvalue weighted by molar-refractivity contribution is 7.98. The number of nitrogens with one attached hydrogen (secondary N) is 2. The third kappa shape index (κ3) is 5.40. The molecular weight excluding hydrogens is 332 g/mol. The van der Waals surface area contributed by atoms with Gasteiger partial charge < -0.3 is 10.6 Å². The third-order valence-corrected chi connectivity index (χ3v) is 4.41. The van der Waals surface area contributed by atoms with E-state index < -0.39 is 0 Å². The largest absolute Gasteiger partial charge is 0.341 e. The summed E-state index contributed by atoms with van der Waals surface area (Å²) in [4.78, 5) is 24.6. The number of benzene rings is 2.